The number of nitrogens with zero attached hydrogens (tertiary/aromatic N) is 3. The largest absolute Gasteiger partial charge is 0.327 e. The second-order valence-electron chi connectivity index (χ2n) is 6.33. The van der Waals surface area contributed by atoms with Gasteiger partial charge in [0.2, 0.25) is 5.56 Å². The minimum atomic E-state index is -0.726. The van der Waals surface area contributed by atoms with Gasteiger partial charge in [-0.25, -0.2) is 0 Å². The Labute approximate surface area is 159 Å². The average Bonchev–Trinajstić information content (AvgIpc) is 2.83. The molecule has 1 spiro atoms. The van der Waals surface area contributed by atoms with Gasteiger partial charge in [0, 0.05) is 12.3 Å². The third-order valence-electron chi connectivity index (χ3n) is 4.95. The van der Waals surface area contributed by atoms with Gasteiger partial charge in [-0.1, -0.05) is 11.6 Å². The molecule has 26 heavy (non-hydrogen) atoms. The van der Waals surface area contributed by atoms with Crippen LogP contribution in [0.1, 0.15) is 24.8 Å². The van der Waals surface area contributed by atoms with Crippen molar-refractivity contribution in [2.75, 3.05) is 9.80 Å². The van der Waals surface area contributed by atoms with Gasteiger partial charge in [-0.15, -0.1) is 0 Å². The van der Waals surface area contributed by atoms with Crippen molar-refractivity contribution in [2.24, 2.45) is 0 Å². The Morgan fingerprint density at radius 2 is 1.92 bits per heavy atom. The van der Waals surface area contributed by atoms with E-state index in [9.17, 15) is 9.59 Å². The molecule has 1 saturated carbocycles. The van der Waals surface area contributed by atoms with E-state index in [2.05, 4.69) is 4.98 Å². The van der Waals surface area contributed by atoms with Crippen molar-refractivity contribution in [3.05, 3.63) is 57.5 Å². The fourth-order valence-electron chi connectivity index (χ4n) is 3.48. The first-order chi connectivity index (χ1) is 12.5. The summed E-state index contributed by atoms with van der Waals surface area (Å²) >= 11 is 11.8. The van der Waals surface area contributed by atoms with Gasteiger partial charge in [0.15, 0.2) is 5.11 Å². The molecule has 1 aromatic heterocycles. The molecule has 1 N–H and O–H groups in total. The van der Waals surface area contributed by atoms with Crippen LogP contribution in [-0.4, -0.2) is 21.5 Å². The first kappa shape index (κ1) is 16.8. The number of H-pyrrole nitrogens is 1. The fourth-order valence-corrected chi connectivity index (χ4v) is 4.17. The molecule has 0 atom stereocenters. The van der Waals surface area contributed by atoms with Crippen LogP contribution >= 0.6 is 23.8 Å². The maximum Gasteiger partial charge on any atom is 0.259 e. The third kappa shape index (κ3) is 2.26. The molecule has 4 rings (SSSR count). The van der Waals surface area contributed by atoms with Crippen molar-refractivity contribution in [1.82, 2.24) is 4.98 Å². The fraction of sp³-hybridized carbons (Fsp3) is 0.222. The number of pyridine rings is 1. The van der Waals surface area contributed by atoms with Gasteiger partial charge in [0.25, 0.3) is 5.91 Å². The zero-order chi connectivity index (χ0) is 18.5. The number of hydrogen-bond donors (Lipinski definition) is 1. The number of anilines is 2. The monoisotopic (exact) mass is 384 g/mol. The highest BCUT2D eigenvalue weighted by Gasteiger charge is 2.59. The lowest BCUT2D eigenvalue weighted by Gasteiger charge is -2.42. The van der Waals surface area contributed by atoms with E-state index in [1.54, 1.807) is 30.5 Å². The van der Waals surface area contributed by atoms with Gasteiger partial charge in [-0.05, 0) is 55.7 Å². The molecule has 1 aromatic carbocycles. The molecule has 2 fully saturated rings. The molecule has 1 saturated heterocycles. The summed E-state index contributed by atoms with van der Waals surface area (Å²) in [5.41, 5.74) is 0.592. The van der Waals surface area contributed by atoms with Crippen molar-refractivity contribution in [3.8, 4) is 6.07 Å². The molecule has 6 nitrogen and oxygen atoms in total. The minimum Gasteiger partial charge on any atom is -0.327 e. The molecule has 130 valence electrons. The second kappa shape index (κ2) is 5.94. The van der Waals surface area contributed by atoms with Crippen LogP contribution in [0.2, 0.25) is 5.02 Å². The van der Waals surface area contributed by atoms with E-state index >= 15 is 0 Å². The smallest absolute Gasteiger partial charge is 0.259 e. The normalized spacial score (nSPS) is 18.2. The lowest BCUT2D eigenvalue weighted by molar-refractivity contribution is -0.123. The van der Waals surface area contributed by atoms with Crippen molar-refractivity contribution in [1.29, 1.82) is 5.26 Å². The van der Waals surface area contributed by atoms with Crippen LogP contribution < -0.4 is 15.4 Å². The molecular formula is C18H13ClN4O2S. The third-order valence-corrected chi connectivity index (χ3v) is 5.63. The summed E-state index contributed by atoms with van der Waals surface area (Å²) in [6, 6.07) is 9.89. The van der Waals surface area contributed by atoms with Crippen LogP contribution in [-0.2, 0) is 4.79 Å². The first-order valence-electron chi connectivity index (χ1n) is 8.05. The average molecular weight is 385 g/mol. The SMILES string of the molecule is N#Cc1ccc(N2C(=O)C3(CCC3)N(c3ccc(=O)[nH]c3)C2=S)cc1Cl. The Morgan fingerprint density at radius 1 is 1.19 bits per heavy atom. The molecule has 2 heterocycles. The zero-order valence-corrected chi connectivity index (χ0v) is 15.1. The number of benzene rings is 1. The summed E-state index contributed by atoms with van der Waals surface area (Å²) in [6.07, 6.45) is 3.87. The number of rotatable bonds is 2. The highest BCUT2D eigenvalue weighted by atomic mass is 35.5. The zero-order valence-electron chi connectivity index (χ0n) is 13.5. The molecule has 2 aromatic rings. The number of amides is 1. The Bertz CT molecular complexity index is 1020. The van der Waals surface area contributed by atoms with Crippen molar-refractivity contribution in [3.63, 3.8) is 0 Å². The van der Waals surface area contributed by atoms with Gasteiger partial charge in [0.1, 0.15) is 11.6 Å². The molecule has 0 bridgehead atoms. The summed E-state index contributed by atoms with van der Waals surface area (Å²) in [5.74, 6) is -0.110. The van der Waals surface area contributed by atoms with Crippen molar-refractivity contribution < 1.29 is 4.79 Å². The highest BCUT2D eigenvalue weighted by Crippen LogP contribution is 2.47. The summed E-state index contributed by atoms with van der Waals surface area (Å²) < 4.78 is 0. The molecule has 2 aliphatic rings. The molecule has 0 unspecified atom stereocenters. The van der Waals surface area contributed by atoms with Crippen LogP contribution in [0.4, 0.5) is 11.4 Å². The summed E-state index contributed by atoms with van der Waals surface area (Å²) in [5, 5.41) is 9.65. The topological polar surface area (TPSA) is 80.2 Å². The van der Waals surface area contributed by atoms with Crippen LogP contribution in [0, 0.1) is 11.3 Å². The maximum absolute atomic E-state index is 13.3. The lowest BCUT2D eigenvalue weighted by Crippen LogP contribution is -2.55. The van der Waals surface area contributed by atoms with E-state index in [1.807, 2.05) is 11.0 Å². The van der Waals surface area contributed by atoms with E-state index in [-0.39, 0.29) is 16.5 Å². The number of carbonyl (C=O) groups excluding carboxylic acids is 1. The van der Waals surface area contributed by atoms with Crippen LogP contribution in [0.3, 0.4) is 0 Å². The lowest BCUT2D eigenvalue weighted by atomic mass is 9.75. The maximum atomic E-state index is 13.3. The Morgan fingerprint density at radius 3 is 2.46 bits per heavy atom. The van der Waals surface area contributed by atoms with Gasteiger partial charge >= 0.3 is 0 Å². The van der Waals surface area contributed by atoms with Crippen LogP contribution in [0.5, 0.6) is 0 Å². The number of thiocarbonyl (C=S) groups is 1. The second-order valence-corrected chi connectivity index (χ2v) is 7.10. The number of aromatic nitrogens is 1. The van der Waals surface area contributed by atoms with E-state index in [1.165, 1.54) is 11.0 Å². The standard InChI is InChI=1S/C18H13ClN4O2S/c19-14-8-12(3-2-11(14)9-20)22-16(25)18(6-1-7-18)23(17(22)26)13-4-5-15(24)21-10-13/h2-5,8,10H,1,6-7H2,(H,21,24). The number of carbonyl (C=O) groups is 1. The Balaban J connectivity index is 1.81. The van der Waals surface area contributed by atoms with E-state index in [4.69, 9.17) is 29.1 Å². The number of halogens is 1. The summed E-state index contributed by atoms with van der Waals surface area (Å²) in [6.45, 7) is 0. The number of nitriles is 1. The van der Waals surface area contributed by atoms with Gasteiger partial charge in [-0.3, -0.25) is 14.5 Å². The van der Waals surface area contributed by atoms with Crippen molar-refractivity contribution >= 4 is 46.2 Å². The van der Waals surface area contributed by atoms with E-state index < -0.39 is 5.54 Å². The number of aromatic amines is 1. The predicted molar refractivity (Wildman–Crippen MR) is 102 cm³/mol. The minimum absolute atomic E-state index is 0.110. The molecule has 1 aliphatic carbocycles. The first-order valence-corrected chi connectivity index (χ1v) is 8.84. The summed E-state index contributed by atoms with van der Waals surface area (Å²) in [4.78, 5) is 30.6. The quantitative estimate of drug-likeness (QED) is 0.805. The number of nitrogens with one attached hydrogen (secondary N) is 1. The Hall–Kier alpha value is -2.69. The van der Waals surface area contributed by atoms with Gasteiger partial charge in [-0.2, -0.15) is 5.26 Å². The molecule has 1 aliphatic heterocycles. The van der Waals surface area contributed by atoms with E-state index in [0.29, 0.717) is 34.9 Å². The van der Waals surface area contributed by atoms with Crippen LogP contribution in [0.15, 0.2) is 41.3 Å². The van der Waals surface area contributed by atoms with E-state index in [0.717, 1.165) is 6.42 Å². The summed E-state index contributed by atoms with van der Waals surface area (Å²) in [7, 11) is 0. The molecule has 8 heteroatoms. The van der Waals surface area contributed by atoms with Crippen molar-refractivity contribution in [2.45, 2.75) is 24.8 Å². The molecular weight excluding hydrogens is 372 g/mol. The van der Waals surface area contributed by atoms with Crippen LogP contribution in [0.25, 0.3) is 0 Å². The van der Waals surface area contributed by atoms with Gasteiger partial charge < -0.3 is 9.88 Å². The highest BCUT2D eigenvalue weighted by molar-refractivity contribution is 7.81. The molecule has 1 amide bonds. The Kier molecular flexibility index (Phi) is 3.83. The predicted octanol–water partition coefficient (Wildman–Crippen LogP) is 2.96. The molecule has 0 radical (unpaired) electrons. The van der Waals surface area contributed by atoms with Gasteiger partial charge in [0.05, 0.1) is 22.0 Å². The number of hydrogen-bond acceptors (Lipinski definition) is 4.